The van der Waals surface area contributed by atoms with Crippen LogP contribution < -0.4 is 10.6 Å². The molecule has 28 heavy (non-hydrogen) atoms. The summed E-state index contributed by atoms with van der Waals surface area (Å²) in [5.74, 6) is -0.267. The summed E-state index contributed by atoms with van der Waals surface area (Å²) < 4.78 is 4.92. The number of hydrogen-bond donors (Lipinski definition) is 3. The van der Waals surface area contributed by atoms with Crippen LogP contribution in [0.1, 0.15) is 35.5 Å². The summed E-state index contributed by atoms with van der Waals surface area (Å²) in [6, 6.07) is 7.64. The molecule has 1 aromatic carbocycles. The number of aromatic amines is 1. The summed E-state index contributed by atoms with van der Waals surface area (Å²) in [5, 5.41) is 16.2. The second kappa shape index (κ2) is 7.04. The van der Waals surface area contributed by atoms with Gasteiger partial charge < -0.3 is 20.0 Å². The first-order valence-corrected chi connectivity index (χ1v) is 8.83. The molecule has 3 N–H and O–H groups in total. The Labute approximate surface area is 160 Å². The molecule has 3 heterocycles. The van der Waals surface area contributed by atoms with Gasteiger partial charge in [0, 0.05) is 23.1 Å². The van der Waals surface area contributed by atoms with Crippen molar-refractivity contribution in [3.05, 3.63) is 53.9 Å². The molecule has 0 aliphatic carbocycles. The maximum atomic E-state index is 12.8. The Morgan fingerprint density at radius 3 is 2.93 bits per heavy atom. The molecule has 1 amide bonds. The van der Waals surface area contributed by atoms with Crippen LogP contribution in [0, 0.1) is 11.3 Å². The van der Waals surface area contributed by atoms with Crippen LogP contribution in [-0.2, 0) is 6.54 Å². The fourth-order valence-electron chi connectivity index (χ4n) is 3.10. The summed E-state index contributed by atoms with van der Waals surface area (Å²) >= 11 is 0. The van der Waals surface area contributed by atoms with Crippen LogP contribution >= 0.6 is 0 Å². The van der Waals surface area contributed by atoms with E-state index in [4.69, 9.17) is 9.68 Å². The van der Waals surface area contributed by atoms with Gasteiger partial charge in [-0.3, -0.25) is 9.78 Å². The number of rotatable bonds is 5. The number of amides is 1. The number of carbonyl (C=O) groups excluding carboxylic acids is 1. The van der Waals surface area contributed by atoms with E-state index in [1.54, 1.807) is 18.3 Å². The summed E-state index contributed by atoms with van der Waals surface area (Å²) in [6.45, 7) is 4.26. The molecule has 8 nitrogen and oxygen atoms in total. The molecule has 4 aromatic rings. The quantitative estimate of drug-likeness (QED) is 0.493. The second-order valence-corrected chi connectivity index (χ2v) is 6.73. The van der Waals surface area contributed by atoms with Crippen molar-refractivity contribution in [3.8, 4) is 6.07 Å². The molecule has 0 unspecified atom stereocenters. The molecule has 4 rings (SSSR count). The van der Waals surface area contributed by atoms with Crippen molar-refractivity contribution in [1.82, 2.24) is 20.3 Å². The minimum Gasteiger partial charge on any atom is -0.451 e. The second-order valence-electron chi connectivity index (χ2n) is 6.73. The van der Waals surface area contributed by atoms with Gasteiger partial charge in [0.25, 0.3) is 5.91 Å². The molecule has 0 spiro atoms. The third-order valence-electron chi connectivity index (χ3n) is 4.33. The lowest BCUT2D eigenvalue weighted by Gasteiger charge is -2.15. The van der Waals surface area contributed by atoms with Crippen molar-refractivity contribution in [1.29, 1.82) is 5.26 Å². The van der Waals surface area contributed by atoms with Gasteiger partial charge in [-0.05, 0) is 32.0 Å². The average Bonchev–Trinajstić information content (AvgIpc) is 3.33. The third kappa shape index (κ3) is 3.14. The zero-order valence-corrected chi connectivity index (χ0v) is 15.4. The fraction of sp³-hybridized carbons (Fsp3) is 0.200. The lowest BCUT2D eigenvalue weighted by atomic mass is 10.1. The lowest BCUT2D eigenvalue weighted by molar-refractivity contribution is 0.0951. The van der Waals surface area contributed by atoms with E-state index < -0.39 is 0 Å². The van der Waals surface area contributed by atoms with Gasteiger partial charge in [0.1, 0.15) is 6.26 Å². The molecule has 0 saturated heterocycles. The first kappa shape index (κ1) is 17.5. The van der Waals surface area contributed by atoms with Gasteiger partial charge in [-0.2, -0.15) is 5.26 Å². The number of pyridine rings is 1. The average molecular weight is 374 g/mol. The van der Waals surface area contributed by atoms with Crippen LogP contribution in [0.4, 0.5) is 5.69 Å². The van der Waals surface area contributed by atoms with Gasteiger partial charge >= 0.3 is 0 Å². The molecule has 140 valence electrons. The summed E-state index contributed by atoms with van der Waals surface area (Å²) in [7, 11) is 0. The highest BCUT2D eigenvalue weighted by Gasteiger charge is 2.19. The van der Waals surface area contributed by atoms with Gasteiger partial charge in [0.05, 0.1) is 46.2 Å². The standard InChI is InChI=1S/C20H18N6O2/c1-11(2)25-18-15(20(27)23-7-13-9-28-10-24-13)8-22-17-14-4-3-12(6-21)5-16(14)26-19(17)18/h3-5,8-11,26H,7H2,1-2H3,(H,22,25)(H,23,27). The highest BCUT2D eigenvalue weighted by Crippen LogP contribution is 2.32. The van der Waals surface area contributed by atoms with Crippen LogP contribution in [0.2, 0.25) is 0 Å². The molecule has 0 aliphatic heterocycles. The zero-order valence-electron chi connectivity index (χ0n) is 15.4. The van der Waals surface area contributed by atoms with E-state index in [1.807, 2.05) is 19.9 Å². The molecule has 0 bridgehead atoms. The molecule has 0 radical (unpaired) electrons. The number of fused-ring (bicyclic) bond motifs is 3. The van der Waals surface area contributed by atoms with Crippen molar-refractivity contribution >= 4 is 33.5 Å². The highest BCUT2D eigenvalue weighted by molar-refractivity contribution is 6.13. The Kier molecular flexibility index (Phi) is 4.41. The number of hydrogen-bond acceptors (Lipinski definition) is 6. The number of aromatic nitrogens is 3. The van der Waals surface area contributed by atoms with E-state index in [0.29, 0.717) is 22.5 Å². The minimum atomic E-state index is -0.267. The van der Waals surface area contributed by atoms with Crippen LogP contribution in [0.25, 0.3) is 21.9 Å². The molecule has 3 aromatic heterocycles. The Bertz CT molecular complexity index is 1200. The van der Waals surface area contributed by atoms with Gasteiger partial charge in [0.2, 0.25) is 0 Å². The Hall–Kier alpha value is -3.86. The SMILES string of the molecule is CC(C)Nc1c(C(=O)NCc2cocn2)cnc2c1[nH]c1cc(C#N)ccc12. The van der Waals surface area contributed by atoms with Gasteiger partial charge in [-0.25, -0.2) is 4.98 Å². The lowest BCUT2D eigenvalue weighted by Crippen LogP contribution is -2.25. The van der Waals surface area contributed by atoms with Crippen molar-refractivity contribution in [3.63, 3.8) is 0 Å². The Balaban J connectivity index is 1.80. The largest absolute Gasteiger partial charge is 0.451 e. The van der Waals surface area contributed by atoms with Gasteiger partial charge in [-0.15, -0.1) is 0 Å². The van der Waals surface area contributed by atoms with Gasteiger partial charge in [0.15, 0.2) is 6.39 Å². The van der Waals surface area contributed by atoms with Gasteiger partial charge in [-0.1, -0.05) is 0 Å². The number of carbonyl (C=O) groups is 1. The number of anilines is 1. The molecular formula is C20H18N6O2. The fourth-order valence-corrected chi connectivity index (χ4v) is 3.10. The van der Waals surface area contributed by atoms with E-state index in [-0.39, 0.29) is 18.5 Å². The van der Waals surface area contributed by atoms with Crippen LogP contribution in [0.15, 0.2) is 41.5 Å². The molecule has 8 heteroatoms. The predicted octanol–water partition coefficient (Wildman–Crippen LogP) is 3.33. The third-order valence-corrected chi connectivity index (χ3v) is 4.33. The number of nitriles is 1. The van der Waals surface area contributed by atoms with E-state index >= 15 is 0 Å². The topological polar surface area (TPSA) is 120 Å². The van der Waals surface area contributed by atoms with Crippen molar-refractivity contribution < 1.29 is 9.21 Å². The van der Waals surface area contributed by atoms with Crippen LogP contribution in [0.5, 0.6) is 0 Å². The summed E-state index contributed by atoms with van der Waals surface area (Å²) in [4.78, 5) is 24.6. The smallest absolute Gasteiger partial charge is 0.255 e. The first-order chi connectivity index (χ1) is 13.6. The number of benzene rings is 1. The predicted molar refractivity (Wildman–Crippen MR) is 105 cm³/mol. The molecule has 0 atom stereocenters. The maximum absolute atomic E-state index is 12.8. The summed E-state index contributed by atoms with van der Waals surface area (Å²) in [5.41, 5.74) is 4.57. The highest BCUT2D eigenvalue weighted by atomic mass is 16.3. The molecule has 0 fully saturated rings. The van der Waals surface area contributed by atoms with Crippen LogP contribution in [-0.4, -0.2) is 26.9 Å². The number of nitrogens with zero attached hydrogens (tertiary/aromatic N) is 3. The monoisotopic (exact) mass is 374 g/mol. The first-order valence-electron chi connectivity index (χ1n) is 8.83. The van der Waals surface area contributed by atoms with E-state index in [9.17, 15) is 4.79 Å². The molecular weight excluding hydrogens is 356 g/mol. The Morgan fingerprint density at radius 1 is 1.36 bits per heavy atom. The van der Waals surface area contributed by atoms with Crippen molar-refractivity contribution in [2.45, 2.75) is 26.4 Å². The normalized spacial score (nSPS) is 11.1. The minimum absolute atomic E-state index is 0.105. The van der Waals surface area contributed by atoms with E-state index in [2.05, 4.69) is 31.7 Å². The van der Waals surface area contributed by atoms with E-state index in [1.165, 1.54) is 12.7 Å². The number of H-pyrrole nitrogens is 1. The number of oxazole rings is 1. The van der Waals surface area contributed by atoms with Crippen LogP contribution in [0.3, 0.4) is 0 Å². The zero-order chi connectivity index (χ0) is 19.7. The van der Waals surface area contributed by atoms with E-state index in [0.717, 1.165) is 21.9 Å². The molecule has 0 saturated carbocycles. The van der Waals surface area contributed by atoms with Crippen molar-refractivity contribution in [2.75, 3.05) is 5.32 Å². The maximum Gasteiger partial charge on any atom is 0.255 e. The van der Waals surface area contributed by atoms with Crippen molar-refractivity contribution in [2.24, 2.45) is 0 Å². The summed E-state index contributed by atoms with van der Waals surface area (Å²) in [6.07, 6.45) is 4.37. The number of nitrogens with one attached hydrogen (secondary N) is 3. The molecule has 0 aliphatic rings. The Morgan fingerprint density at radius 2 is 2.21 bits per heavy atom.